The number of methoxy groups -OCH3 is 1. The number of nitrogens with one attached hydrogen (secondary N) is 1. The van der Waals surface area contributed by atoms with Crippen LogP contribution in [0.15, 0.2) is 0 Å². The van der Waals surface area contributed by atoms with E-state index in [-0.39, 0.29) is 11.9 Å². The van der Waals surface area contributed by atoms with Crippen LogP contribution in [0.2, 0.25) is 0 Å². The molecule has 0 bridgehead atoms. The van der Waals surface area contributed by atoms with E-state index in [1.807, 2.05) is 0 Å². The molecule has 88 valence electrons. The molecule has 1 aliphatic carbocycles. The van der Waals surface area contributed by atoms with Crippen LogP contribution in [0, 0.1) is 0 Å². The van der Waals surface area contributed by atoms with Gasteiger partial charge in [0.1, 0.15) is 5.60 Å². The fourth-order valence-corrected chi connectivity index (χ4v) is 1.71. The van der Waals surface area contributed by atoms with Gasteiger partial charge in [-0.1, -0.05) is 12.8 Å². The quantitative estimate of drug-likeness (QED) is 0.733. The lowest BCUT2D eigenvalue weighted by Crippen LogP contribution is -2.52. The average molecular weight is 215 g/mol. The van der Waals surface area contributed by atoms with E-state index < -0.39 is 11.7 Å². The molecule has 4 heteroatoms. The average Bonchev–Trinajstić information content (AvgIpc) is 2.21. The number of amides is 1. The molecule has 0 saturated heterocycles. The van der Waals surface area contributed by atoms with Crippen molar-refractivity contribution in [2.45, 2.75) is 57.3 Å². The second kappa shape index (κ2) is 4.94. The Bertz CT molecular complexity index is 228. The maximum Gasteiger partial charge on any atom is 0.251 e. The predicted molar refractivity (Wildman–Crippen MR) is 57.5 cm³/mol. The third kappa shape index (κ3) is 3.18. The monoisotopic (exact) mass is 215 g/mol. The summed E-state index contributed by atoms with van der Waals surface area (Å²) in [5, 5.41) is 12.5. The minimum Gasteiger partial charge on any atom is -0.391 e. The maximum atomic E-state index is 11.8. The predicted octanol–water partition coefficient (Wildman–Crippen LogP) is 0.831. The van der Waals surface area contributed by atoms with Crippen molar-refractivity contribution in [1.29, 1.82) is 0 Å². The van der Waals surface area contributed by atoms with Gasteiger partial charge in [-0.3, -0.25) is 4.79 Å². The van der Waals surface area contributed by atoms with Gasteiger partial charge in [0.2, 0.25) is 0 Å². The van der Waals surface area contributed by atoms with Crippen molar-refractivity contribution in [3.05, 3.63) is 0 Å². The lowest BCUT2D eigenvalue weighted by Gasteiger charge is -2.31. The van der Waals surface area contributed by atoms with Crippen LogP contribution < -0.4 is 5.32 Å². The fourth-order valence-electron chi connectivity index (χ4n) is 1.71. The number of rotatable bonds is 3. The summed E-state index contributed by atoms with van der Waals surface area (Å²) in [4.78, 5) is 11.8. The molecule has 1 rings (SSSR count). The standard InChI is InChI=1S/C11H21NO3/c1-11(2,15-3)10(14)12-8-6-4-5-7-9(8)13/h8-9,13H,4-7H2,1-3H3,(H,12,14)/t8-,9-/m0/s1. The van der Waals surface area contributed by atoms with Crippen molar-refractivity contribution in [3.63, 3.8) is 0 Å². The lowest BCUT2D eigenvalue weighted by molar-refractivity contribution is -0.141. The number of ether oxygens (including phenoxy) is 1. The van der Waals surface area contributed by atoms with Crippen LogP contribution in [0.3, 0.4) is 0 Å². The largest absolute Gasteiger partial charge is 0.391 e. The second-order valence-corrected chi connectivity index (χ2v) is 4.65. The molecule has 2 N–H and O–H groups in total. The van der Waals surface area contributed by atoms with Crippen molar-refractivity contribution in [2.75, 3.05) is 7.11 Å². The van der Waals surface area contributed by atoms with Gasteiger partial charge in [0, 0.05) is 7.11 Å². The molecule has 0 aromatic rings. The first-order valence-corrected chi connectivity index (χ1v) is 5.51. The molecular formula is C11H21NO3. The Labute approximate surface area is 91.0 Å². The molecular weight excluding hydrogens is 194 g/mol. The van der Waals surface area contributed by atoms with Gasteiger partial charge in [-0.05, 0) is 26.7 Å². The first-order valence-electron chi connectivity index (χ1n) is 5.51. The van der Waals surface area contributed by atoms with E-state index in [1.165, 1.54) is 7.11 Å². The summed E-state index contributed by atoms with van der Waals surface area (Å²) in [6.45, 7) is 3.44. The second-order valence-electron chi connectivity index (χ2n) is 4.65. The summed E-state index contributed by atoms with van der Waals surface area (Å²) < 4.78 is 5.08. The minimum atomic E-state index is -0.822. The molecule has 0 heterocycles. The van der Waals surface area contributed by atoms with Gasteiger partial charge < -0.3 is 15.2 Å². The van der Waals surface area contributed by atoms with Gasteiger partial charge in [-0.15, -0.1) is 0 Å². The number of carbonyl (C=O) groups is 1. The molecule has 1 saturated carbocycles. The molecule has 2 atom stereocenters. The normalized spacial score (nSPS) is 27.5. The van der Waals surface area contributed by atoms with Crippen LogP contribution in [0.25, 0.3) is 0 Å². The SMILES string of the molecule is COC(C)(C)C(=O)N[C@H]1CCCC[C@@H]1O. The highest BCUT2D eigenvalue weighted by molar-refractivity contribution is 5.84. The topological polar surface area (TPSA) is 58.6 Å². The summed E-state index contributed by atoms with van der Waals surface area (Å²) in [6, 6.07) is -0.110. The van der Waals surface area contributed by atoms with E-state index in [1.54, 1.807) is 13.8 Å². The van der Waals surface area contributed by atoms with Crippen molar-refractivity contribution < 1.29 is 14.6 Å². The zero-order valence-electron chi connectivity index (χ0n) is 9.75. The lowest BCUT2D eigenvalue weighted by atomic mass is 9.92. The van der Waals surface area contributed by atoms with Crippen LogP contribution in [0.4, 0.5) is 0 Å². The molecule has 0 radical (unpaired) electrons. The maximum absolute atomic E-state index is 11.8. The van der Waals surface area contributed by atoms with Crippen molar-refractivity contribution in [1.82, 2.24) is 5.32 Å². The zero-order valence-corrected chi connectivity index (χ0v) is 9.75. The molecule has 1 amide bonds. The molecule has 0 unspecified atom stereocenters. The summed E-state index contributed by atoms with van der Waals surface area (Å²) >= 11 is 0. The van der Waals surface area contributed by atoms with Crippen LogP contribution >= 0.6 is 0 Å². The third-order valence-corrected chi connectivity index (χ3v) is 3.10. The number of aliphatic hydroxyl groups excluding tert-OH is 1. The van der Waals surface area contributed by atoms with Gasteiger partial charge in [0.15, 0.2) is 0 Å². The summed E-state index contributed by atoms with van der Waals surface area (Å²) in [5.41, 5.74) is -0.822. The highest BCUT2D eigenvalue weighted by Gasteiger charge is 2.31. The highest BCUT2D eigenvalue weighted by Crippen LogP contribution is 2.19. The molecule has 0 aromatic carbocycles. The Morgan fingerprint density at radius 3 is 2.53 bits per heavy atom. The summed E-state index contributed by atoms with van der Waals surface area (Å²) in [5.74, 6) is -0.157. The number of hydrogen-bond donors (Lipinski definition) is 2. The zero-order chi connectivity index (χ0) is 11.5. The van der Waals surface area contributed by atoms with Gasteiger partial charge in [-0.2, -0.15) is 0 Å². The van der Waals surface area contributed by atoms with Crippen LogP contribution in [-0.4, -0.2) is 35.9 Å². The molecule has 0 aromatic heterocycles. The summed E-state index contributed by atoms with van der Waals surface area (Å²) in [7, 11) is 1.51. The highest BCUT2D eigenvalue weighted by atomic mass is 16.5. The van der Waals surface area contributed by atoms with Crippen molar-refractivity contribution >= 4 is 5.91 Å². The van der Waals surface area contributed by atoms with Crippen molar-refractivity contribution in [2.24, 2.45) is 0 Å². The molecule has 0 aliphatic heterocycles. The first-order chi connectivity index (χ1) is 6.97. The molecule has 0 spiro atoms. The van der Waals surface area contributed by atoms with Gasteiger partial charge in [-0.25, -0.2) is 0 Å². The van der Waals surface area contributed by atoms with E-state index in [9.17, 15) is 9.90 Å². The Kier molecular flexibility index (Phi) is 4.11. The van der Waals surface area contributed by atoms with Crippen LogP contribution in [0.1, 0.15) is 39.5 Å². The Morgan fingerprint density at radius 1 is 1.40 bits per heavy atom. The smallest absolute Gasteiger partial charge is 0.251 e. The molecule has 4 nitrogen and oxygen atoms in total. The Hall–Kier alpha value is -0.610. The van der Waals surface area contributed by atoms with Gasteiger partial charge >= 0.3 is 0 Å². The van der Waals surface area contributed by atoms with Gasteiger partial charge in [0.05, 0.1) is 12.1 Å². The van der Waals surface area contributed by atoms with Crippen molar-refractivity contribution in [3.8, 4) is 0 Å². The molecule has 15 heavy (non-hydrogen) atoms. The number of carbonyl (C=O) groups excluding carboxylic acids is 1. The van der Waals surface area contributed by atoms with Gasteiger partial charge in [0.25, 0.3) is 5.91 Å². The van der Waals surface area contributed by atoms with Crippen LogP contribution in [-0.2, 0) is 9.53 Å². The molecule has 1 aliphatic rings. The number of aliphatic hydroxyl groups is 1. The Balaban J connectivity index is 2.50. The fraction of sp³-hybridized carbons (Fsp3) is 0.909. The minimum absolute atomic E-state index is 0.110. The third-order valence-electron chi connectivity index (χ3n) is 3.10. The van der Waals surface area contributed by atoms with E-state index >= 15 is 0 Å². The van der Waals surface area contributed by atoms with E-state index in [0.29, 0.717) is 0 Å². The van der Waals surface area contributed by atoms with E-state index in [0.717, 1.165) is 25.7 Å². The molecule has 1 fully saturated rings. The van der Waals surface area contributed by atoms with E-state index in [4.69, 9.17) is 4.74 Å². The Morgan fingerprint density at radius 2 is 2.00 bits per heavy atom. The van der Waals surface area contributed by atoms with E-state index in [2.05, 4.69) is 5.32 Å². The van der Waals surface area contributed by atoms with Crippen LogP contribution in [0.5, 0.6) is 0 Å². The first kappa shape index (κ1) is 12.5. The summed E-state index contributed by atoms with van der Waals surface area (Å²) in [6.07, 6.45) is 3.33. The number of hydrogen-bond acceptors (Lipinski definition) is 3.